The number of carboxylic acid groups (broad SMARTS) is 5. The molecule has 0 aromatic heterocycles. The van der Waals surface area contributed by atoms with Gasteiger partial charge in [0.1, 0.15) is 0 Å². The predicted molar refractivity (Wildman–Crippen MR) is 122 cm³/mol. The molecule has 0 saturated heterocycles. The molecule has 0 atom stereocenters. The fourth-order valence-corrected chi connectivity index (χ4v) is 1.07. The average molecular weight is 610 g/mol. The summed E-state index contributed by atoms with van der Waals surface area (Å²) in [5, 5.41) is 47.8. The maximum Gasteiger partial charge on any atom is 1.00 e. The molecule has 40 heavy (non-hydrogen) atoms. The van der Waals surface area contributed by atoms with Gasteiger partial charge in [0.25, 0.3) is 0 Å². The number of rotatable bonds is 10. The van der Waals surface area contributed by atoms with Crippen LogP contribution < -0.4 is 173 Å². The largest absolute Gasteiger partial charge is 1.00 e. The maximum atomic E-state index is 9.56. The fraction of sp³-hybridized carbons (Fsp3) is 0.400. The summed E-state index contributed by atoms with van der Waals surface area (Å²) in [6.07, 6.45) is 16.5. The minimum absolute atomic E-state index is 0. The summed E-state index contributed by atoms with van der Waals surface area (Å²) < 4.78 is 0. The number of hydrogen-bond acceptors (Lipinski definition) is 10. The molecule has 0 aliphatic heterocycles. The summed E-state index contributed by atoms with van der Waals surface area (Å²) in [5.74, 6) is -5.62. The normalized spacial score (nSPS) is 8.62. The van der Waals surface area contributed by atoms with Crippen LogP contribution in [-0.4, -0.2) is 29.8 Å². The number of carbonyl (C=O) groups excluding carboxylic acids is 5. The van der Waals surface area contributed by atoms with Crippen molar-refractivity contribution >= 4 is 29.8 Å². The Labute approximate surface area is 349 Å². The molecule has 0 heterocycles. The van der Waals surface area contributed by atoms with Crippen LogP contribution in [0.4, 0.5) is 0 Å². The molecule has 0 aromatic rings. The van der Waals surface area contributed by atoms with Crippen molar-refractivity contribution in [3.8, 4) is 0 Å². The van der Waals surface area contributed by atoms with E-state index in [-0.39, 0.29) is 148 Å². The predicted octanol–water partition coefficient (Wildman–Crippen LogP) is -16.5. The minimum Gasteiger partial charge on any atom is -0.545 e. The van der Waals surface area contributed by atoms with E-state index in [9.17, 15) is 49.5 Å². The maximum absolute atomic E-state index is 9.56. The van der Waals surface area contributed by atoms with Crippen LogP contribution in [0.3, 0.4) is 0 Å². The van der Waals surface area contributed by atoms with Crippen molar-refractivity contribution in [3.63, 3.8) is 0 Å². The fourth-order valence-electron chi connectivity index (χ4n) is 1.07. The number of allylic oxidation sites excluding steroid dienone is 5. The summed E-state index contributed by atoms with van der Waals surface area (Å²) in [5.41, 5.74) is 0. The van der Waals surface area contributed by atoms with Crippen LogP contribution in [-0.2, 0) is 24.0 Å². The molecular formula is C25H35Na5O10. The zero-order valence-corrected chi connectivity index (χ0v) is 35.9. The van der Waals surface area contributed by atoms with Gasteiger partial charge in [-0.2, -0.15) is 0 Å². The van der Waals surface area contributed by atoms with Gasteiger partial charge >= 0.3 is 148 Å². The van der Waals surface area contributed by atoms with Gasteiger partial charge in [-0.25, -0.2) is 0 Å². The van der Waals surface area contributed by atoms with Crippen LogP contribution in [0.25, 0.3) is 0 Å². The standard InChI is InChI=1S/5C5H8O2.5Na/c5*1-2-3-4-5(6)7;;;;;/h5*3-4H,2H2,1H3,(H,6,7);;;;;/q;;;;;5*+1/p-5/b5*4-3+;;;;;. The third-order valence-corrected chi connectivity index (χ3v) is 2.45. The van der Waals surface area contributed by atoms with Crippen LogP contribution in [0.5, 0.6) is 0 Å². The van der Waals surface area contributed by atoms with E-state index in [1.807, 2.05) is 34.6 Å². The molecule has 0 N–H and O–H groups in total. The molecule has 0 amide bonds. The second-order valence-corrected chi connectivity index (χ2v) is 5.65. The van der Waals surface area contributed by atoms with Gasteiger partial charge in [0.15, 0.2) is 0 Å². The zero-order valence-electron chi connectivity index (χ0n) is 25.9. The van der Waals surface area contributed by atoms with Crippen molar-refractivity contribution in [1.82, 2.24) is 0 Å². The van der Waals surface area contributed by atoms with E-state index in [1.54, 1.807) is 0 Å². The van der Waals surface area contributed by atoms with Gasteiger partial charge in [0.2, 0.25) is 0 Å². The number of carbonyl (C=O) groups is 5. The molecule has 10 nitrogen and oxygen atoms in total. The van der Waals surface area contributed by atoms with E-state index >= 15 is 0 Å². The second kappa shape index (κ2) is 63.3. The van der Waals surface area contributed by atoms with Gasteiger partial charge in [-0.3, -0.25) is 0 Å². The first-order chi connectivity index (χ1) is 16.4. The Morgan fingerprint density at radius 1 is 0.350 bits per heavy atom. The first-order valence-electron chi connectivity index (χ1n) is 10.7. The molecule has 0 aliphatic rings. The van der Waals surface area contributed by atoms with Gasteiger partial charge in [0.05, 0.1) is 29.8 Å². The average Bonchev–Trinajstić information content (AvgIpc) is 2.78. The van der Waals surface area contributed by atoms with Crippen molar-refractivity contribution in [2.75, 3.05) is 0 Å². The summed E-state index contributed by atoms with van der Waals surface area (Å²) in [6.45, 7) is 9.30. The molecule has 200 valence electrons. The number of hydrogen-bond donors (Lipinski definition) is 0. The Morgan fingerprint density at radius 2 is 0.450 bits per heavy atom. The van der Waals surface area contributed by atoms with E-state index in [0.29, 0.717) is 0 Å². The Kier molecular flexibility index (Phi) is 108. The number of carboxylic acids is 5. The monoisotopic (exact) mass is 610 g/mol. The molecule has 0 spiro atoms. The molecule has 0 aromatic carbocycles. The van der Waals surface area contributed by atoms with Gasteiger partial charge < -0.3 is 49.5 Å². The third-order valence-electron chi connectivity index (χ3n) is 2.45. The second-order valence-electron chi connectivity index (χ2n) is 5.65. The molecular weight excluding hydrogens is 575 g/mol. The number of aliphatic carboxylic acids is 5. The Balaban J connectivity index is -0.0000000341. The van der Waals surface area contributed by atoms with Crippen LogP contribution in [0.1, 0.15) is 66.7 Å². The Hall–Kier alpha value is 1.05. The topological polar surface area (TPSA) is 201 Å². The summed E-state index contributed by atoms with van der Waals surface area (Å²) >= 11 is 0. The van der Waals surface area contributed by atoms with Gasteiger partial charge in [-0.1, -0.05) is 65.0 Å². The van der Waals surface area contributed by atoms with E-state index < -0.39 is 29.8 Å². The van der Waals surface area contributed by atoms with Crippen molar-refractivity contribution in [3.05, 3.63) is 60.8 Å². The molecule has 0 aliphatic carbocycles. The van der Waals surface area contributed by atoms with Crippen LogP contribution in [0.2, 0.25) is 0 Å². The minimum atomic E-state index is -1.12. The first-order valence-corrected chi connectivity index (χ1v) is 10.7. The van der Waals surface area contributed by atoms with E-state index in [4.69, 9.17) is 0 Å². The van der Waals surface area contributed by atoms with E-state index in [2.05, 4.69) is 0 Å². The van der Waals surface area contributed by atoms with Crippen molar-refractivity contribution in [1.29, 1.82) is 0 Å². The van der Waals surface area contributed by atoms with Crippen molar-refractivity contribution in [2.24, 2.45) is 0 Å². The van der Waals surface area contributed by atoms with Crippen molar-refractivity contribution in [2.45, 2.75) is 66.7 Å². The molecule has 0 unspecified atom stereocenters. The molecule has 0 radical (unpaired) electrons. The molecule has 0 bridgehead atoms. The molecule has 0 fully saturated rings. The Bertz CT molecular complexity index is 581. The summed E-state index contributed by atoms with van der Waals surface area (Å²) in [7, 11) is 0. The zero-order chi connectivity index (χ0) is 28.5. The van der Waals surface area contributed by atoms with Crippen LogP contribution >= 0.6 is 0 Å². The molecule has 15 heteroatoms. The van der Waals surface area contributed by atoms with Crippen LogP contribution in [0, 0.1) is 0 Å². The van der Waals surface area contributed by atoms with E-state index in [0.717, 1.165) is 62.5 Å². The van der Waals surface area contributed by atoms with Crippen molar-refractivity contribution < 1.29 is 197 Å². The molecule has 0 rings (SSSR count). The van der Waals surface area contributed by atoms with Gasteiger partial charge in [-0.15, -0.1) is 0 Å². The first kappa shape index (κ1) is 68.3. The SMILES string of the molecule is CC/C=C/C(=O)[O-].CC/C=C/C(=O)[O-].CC/C=C/C(=O)[O-].CC/C=C/C(=O)[O-].CC/C=C/C(=O)[O-].[Na+].[Na+].[Na+].[Na+].[Na+]. The van der Waals surface area contributed by atoms with Gasteiger partial charge in [0, 0.05) is 0 Å². The third kappa shape index (κ3) is 128. The van der Waals surface area contributed by atoms with Gasteiger partial charge in [-0.05, 0) is 62.5 Å². The van der Waals surface area contributed by atoms with E-state index in [1.165, 1.54) is 30.4 Å². The quantitative estimate of drug-likeness (QED) is 0.169. The Morgan fingerprint density at radius 3 is 0.475 bits per heavy atom. The summed E-state index contributed by atoms with van der Waals surface area (Å²) in [6, 6.07) is 0. The smallest absolute Gasteiger partial charge is 0.545 e. The summed E-state index contributed by atoms with van der Waals surface area (Å²) in [4.78, 5) is 47.8. The molecule has 0 saturated carbocycles. The van der Waals surface area contributed by atoms with Crippen LogP contribution in [0.15, 0.2) is 60.8 Å².